The molecule has 9 heteroatoms. The van der Waals surface area contributed by atoms with Crippen LogP contribution in [0.15, 0.2) is 0 Å². The first-order valence-corrected chi connectivity index (χ1v) is 7.16. The highest BCUT2D eigenvalue weighted by Crippen LogP contribution is 2.09. The molecule has 0 unspecified atom stereocenters. The van der Waals surface area contributed by atoms with E-state index in [2.05, 4.69) is 15.5 Å². The second kappa shape index (κ2) is 5.21. The van der Waals surface area contributed by atoms with Gasteiger partial charge in [-0.3, -0.25) is 4.79 Å². The molecule has 7 nitrogen and oxygen atoms in total. The topological polar surface area (TPSA) is 115 Å². The fourth-order valence-corrected chi connectivity index (χ4v) is 2.09. The first-order chi connectivity index (χ1) is 7.44. The van der Waals surface area contributed by atoms with Gasteiger partial charge in [0.1, 0.15) is 0 Å². The van der Waals surface area contributed by atoms with Crippen molar-refractivity contribution in [3.63, 3.8) is 0 Å². The zero-order valence-electron chi connectivity index (χ0n) is 8.63. The van der Waals surface area contributed by atoms with Gasteiger partial charge in [0.15, 0.2) is 9.84 Å². The second-order valence-corrected chi connectivity index (χ2v) is 6.42. The Hall–Kier alpha value is -1.22. The van der Waals surface area contributed by atoms with Gasteiger partial charge in [-0.2, -0.15) is 0 Å². The van der Waals surface area contributed by atoms with Crippen LogP contribution in [0.2, 0.25) is 0 Å². The Morgan fingerprint density at radius 3 is 2.69 bits per heavy atom. The molecule has 0 radical (unpaired) electrons. The third-order valence-corrected chi connectivity index (χ3v) is 4.23. The molecule has 1 aromatic rings. The number of carbonyl (C=O) groups excluding carboxylic acids is 1. The molecular formula is C7H12N4O3S2. The van der Waals surface area contributed by atoms with E-state index in [-0.39, 0.29) is 28.2 Å². The Bertz CT molecular complexity index is 468. The summed E-state index contributed by atoms with van der Waals surface area (Å²) in [7, 11) is -3.06. The lowest BCUT2D eigenvalue weighted by Gasteiger charge is -2.02. The molecule has 1 rings (SSSR count). The number of hydrogen-bond donors (Lipinski definition) is 2. The molecule has 0 saturated carbocycles. The van der Waals surface area contributed by atoms with Crippen molar-refractivity contribution < 1.29 is 13.2 Å². The first kappa shape index (κ1) is 12.8. The summed E-state index contributed by atoms with van der Waals surface area (Å²) in [6.45, 7) is 1.62. The predicted molar refractivity (Wildman–Crippen MR) is 61.0 cm³/mol. The van der Waals surface area contributed by atoms with E-state index in [0.29, 0.717) is 0 Å². The fraction of sp³-hybridized carbons (Fsp3) is 0.571. The van der Waals surface area contributed by atoms with Gasteiger partial charge in [0.2, 0.25) is 10.1 Å². The summed E-state index contributed by atoms with van der Waals surface area (Å²) >= 11 is 0.954. The van der Waals surface area contributed by atoms with Crippen LogP contribution in [0.1, 0.15) is 16.7 Å². The number of nitrogens with zero attached hydrogens (tertiary/aromatic N) is 2. The maximum Gasteiger partial charge on any atom is 0.282 e. The molecule has 0 aliphatic heterocycles. The first-order valence-electron chi connectivity index (χ1n) is 4.52. The predicted octanol–water partition coefficient (Wildman–Crippen LogP) is -0.715. The molecule has 0 fully saturated rings. The minimum absolute atomic E-state index is 0.0640. The fourth-order valence-electron chi connectivity index (χ4n) is 0.866. The lowest BCUT2D eigenvalue weighted by atomic mass is 10.6. The van der Waals surface area contributed by atoms with Crippen LogP contribution in [0, 0.1) is 0 Å². The van der Waals surface area contributed by atoms with E-state index >= 15 is 0 Å². The normalized spacial score (nSPS) is 11.3. The lowest BCUT2D eigenvalue weighted by Crippen LogP contribution is -2.29. The monoisotopic (exact) mass is 264 g/mol. The van der Waals surface area contributed by atoms with Crippen molar-refractivity contribution >= 4 is 32.2 Å². The number of nitrogens with one attached hydrogen (secondary N) is 1. The summed E-state index contributed by atoms with van der Waals surface area (Å²) in [5, 5.41) is 9.78. The number of rotatable bonds is 5. The van der Waals surface area contributed by atoms with Gasteiger partial charge in [0.25, 0.3) is 5.91 Å². The summed E-state index contributed by atoms with van der Waals surface area (Å²) in [6, 6.07) is 0. The van der Waals surface area contributed by atoms with Crippen molar-refractivity contribution in [2.24, 2.45) is 0 Å². The molecule has 0 bridgehead atoms. The van der Waals surface area contributed by atoms with Crippen LogP contribution in [-0.2, 0) is 9.84 Å². The molecule has 0 atom stereocenters. The van der Waals surface area contributed by atoms with Crippen LogP contribution < -0.4 is 11.1 Å². The molecule has 0 spiro atoms. The van der Waals surface area contributed by atoms with E-state index < -0.39 is 15.7 Å². The average molecular weight is 264 g/mol. The maximum atomic E-state index is 11.4. The molecule has 0 aliphatic rings. The van der Waals surface area contributed by atoms with Gasteiger partial charge < -0.3 is 11.1 Å². The van der Waals surface area contributed by atoms with E-state index in [4.69, 9.17) is 5.73 Å². The summed E-state index contributed by atoms with van der Waals surface area (Å²) in [5.74, 6) is -0.474. The summed E-state index contributed by atoms with van der Waals surface area (Å²) in [5.41, 5.74) is 5.30. The smallest absolute Gasteiger partial charge is 0.282 e. The van der Waals surface area contributed by atoms with E-state index in [1.807, 2.05) is 0 Å². The van der Waals surface area contributed by atoms with Gasteiger partial charge in [0, 0.05) is 12.3 Å². The van der Waals surface area contributed by atoms with Crippen molar-refractivity contribution in [3.05, 3.63) is 5.01 Å². The lowest BCUT2D eigenvalue weighted by molar-refractivity contribution is 0.0955. The van der Waals surface area contributed by atoms with Crippen LogP contribution in [0.3, 0.4) is 0 Å². The highest BCUT2D eigenvalue weighted by Gasteiger charge is 2.12. The SMILES string of the molecule is CCS(=O)(=O)CCNC(=O)c1nnc(N)s1. The van der Waals surface area contributed by atoms with Crippen molar-refractivity contribution in [1.29, 1.82) is 0 Å². The Kier molecular flexibility index (Phi) is 4.19. The number of anilines is 1. The molecule has 1 aromatic heterocycles. The third kappa shape index (κ3) is 3.74. The van der Waals surface area contributed by atoms with Crippen LogP contribution in [0.5, 0.6) is 0 Å². The maximum absolute atomic E-state index is 11.4. The quantitative estimate of drug-likeness (QED) is 0.725. The molecule has 0 aliphatic carbocycles. The standard InChI is InChI=1S/C7H12N4O3S2/c1-2-16(13,14)4-3-9-5(12)6-10-11-7(8)15-6/h2-4H2,1H3,(H2,8,11)(H,9,12). The summed E-state index contributed by atoms with van der Waals surface area (Å²) in [6.07, 6.45) is 0. The van der Waals surface area contributed by atoms with Gasteiger partial charge in [-0.1, -0.05) is 18.3 Å². The summed E-state index contributed by atoms with van der Waals surface area (Å²) < 4.78 is 22.2. The van der Waals surface area contributed by atoms with Crippen molar-refractivity contribution in [2.75, 3.05) is 23.8 Å². The summed E-state index contributed by atoms with van der Waals surface area (Å²) in [4.78, 5) is 11.4. The minimum Gasteiger partial charge on any atom is -0.374 e. The number of amides is 1. The van der Waals surface area contributed by atoms with E-state index in [0.717, 1.165) is 11.3 Å². The minimum atomic E-state index is -3.06. The highest BCUT2D eigenvalue weighted by molar-refractivity contribution is 7.91. The molecule has 0 saturated heterocycles. The van der Waals surface area contributed by atoms with Crippen LogP contribution in [0.25, 0.3) is 0 Å². The second-order valence-electron chi connectivity index (χ2n) is 2.94. The molecule has 1 amide bonds. The number of hydrogen-bond acceptors (Lipinski definition) is 7. The Balaban J connectivity index is 2.43. The molecule has 3 N–H and O–H groups in total. The third-order valence-electron chi connectivity index (χ3n) is 1.77. The zero-order chi connectivity index (χ0) is 12.2. The van der Waals surface area contributed by atoms with Gasteiger partial charge in [-0.25, -0.2) is 8.42 Å². The Labute approximate surface area is 97.0 Å². The number of aromatic nitrogens is 2. The average Bonchev–Trinajstić information content (AvgIpc) is 2.64. The van der Waals surface area contributed by atoms with Gasteiger partial charge in [0.05, 0.1) is 5.75 Å². The zero-order valence-corrected chi connectivity index (χ0v) is 10.3. The highest BCUT2D eigenvalue weighted by atomic mass is 32.2. The van der Waals surface area contributed by atoms with Crippen LogP contribution in [0.4, 0.5) is 5.13 Å². The van der Waals surface area contributed by atoms with E-state index in [1.165, 1.54) is 0 Å². The van der Waals surface area contributed by atoms with Crippen molar-refractivity contribution in [3.8, 4) is 0 Å². The number of nitrogen functional groups attached to an aromatic ring is 1. The van der Waals surface area contributed by atoms with Gasteiger partial charge >= 0.3 is 0 Å². The molecule has 0 aromatic carbocycles. The van der Waals surface area contributed by atoms with Crippen molar-refractivity contribution in [1.82, 2.24) is 15.5 Å². The van der Waals surface area contributed by atoms with E-state index in [1.54, 1.807) is 6.92 Å². The number of sulfone groups is 1. The van der Waals surface area contributed by atoms with Crippen LogP contribution >= 0.6 is 11.3 Å². The molecule has 1 heterocycles. The van der Waals surface area contributed by atoms with Gasteiger partial charge in [-0.15, -0.1) is 10.2 Å². The number of carbonyl (C=O) groups is 1. The van der Waals surface area contributed by atoms with Gasteiger partial charge in [-0.05, 0) is 0 Å². The Morgan fingerprint density at radius 2 is 2.19 bits per heavy atom. The number of nitrogens with two attached hydrogens (primary N) is 1. The molecule has 90 valence electrons. The Morgan fingerprint density at radius 1 is 1.50 bits per heavy atom. The van der Waals surface area contributed by atoms with Crippen molar-refractivity contribution in [2.45, 2.75) is 6.92 Å². The van der Waals surface area contributed by atoms with E-state index in [9.17, 15) is 13.2 Å². The largest absolute Gasteiger partial charge is 0.374 e. The molecule has 16 heavy (non-hydrogen) atoms. The van der Waals surface area contributed by atoms with Crippen LogP contribution in [-0.4, -0.2) is 42.6 Å². The molecular weight excluding hydrogens is 252 g/mol.